The number of ether oxygens (including phenoxy) is 1. The molecule has 19 heavy (non-hydrogen) atoms. The SMILES string of the molecule is CCNCc1cn(CC(=O)OCC)c2ccccc12. The van der Waals surface area contributed by atoms with Crippen LogP contribution in [0.2, 0.25) is 0 Å². The standard InChI is InChI=1S/C15H20N2O2/c1-3-16-9-12-10-17(11-15(18)19-4-2)14-8-6-5-7-13(12)14/h5-8,10,16H,3-4,9,11H2,1-2H3. The second-order valence-corrected chi connectivity index (χ2v) is 4.38. The second-order valence-electron chi connectivity index (χ2n) is 4.38. The van der Waals surface area contributed by atoms with Crippen LogP contribution in [0.25, 0.3) is 10.9 Å². The Morgan fingerprint density at radius 2 is 2.11 bits per heavy atom. The summed E-state index contributed by atoms with van der Waals surface area (Å²) in [4.78, 5) is 11.6. The van der Waals surface area contributed by atoms with Crippen LogP contribution < -0.4 is 5.32 Å². The summed E-state index contributed by atoms with van der Waals surface area (Å²) in [6, 6.07) is 8.13. The average Bonchev–Trinajstić information content (AvgIpc) is 2.75. The Morgan fingerprint density at radius 3 is 2.84 bits per heavy atom. The number of carbonyl (C=O) groups excluding carboxylic acids is 1. The van der Waals surface area contributed by atoms with Crippen LogP contribution in [-0.4, -0.2) is 23.7 Å². The Bertz CT molecular complexity index is 560. The molecule has 0 spiro atoms. The zero-order valence-corrected chi connectivity index (χ0v) is 11.5. The fourth-order valence-electron chi connectivity index (χ4n) is 2.20. The average molecular weight is 260 g/mol. The van der Waals surface area contributed by atoms with Gasteiger partial charge in [-0.05, 0) is 25.1 Å². The highest BCUT2D eigenvalue weighted by molar-refractivity contribution is 5.85. The molecule has 1 aromatic carbocycles. The van der Waals surface area contributed by atoms with Gasteiger partial charge in [-0.2, -0.15) is 0 Å². The quantitative estimate of drug-likeness (QED) is 0.811. The van der Waals surface area contributed by atoms with Crippen molar-refractivity contribution in [3.63, 3.8) is 0 Å². The number of nitrogens with zero attached hydrogens (tertiary/aromatic N) is 1. The Kier molecular flexibility index (Phi) is 4.58. The number of fused-ring (bicyclic) bond motifs is 1. The molecular weight excluding hydrogens is 240 g/mol. The summed E-state index contributed by atoms with van der Waals surface area (Å²) in [5.41, 5.74) is 2.28. The van der Waals surface area contributed by atoms with Crippen molar-refractivity contribution >= 4 is 16.9 Å². The molecule has 0 unspecified atom stereocenters. The maximum atomic E-state index is 11.6. The van der Waals surface area contributed by atoms with Crippen LogP contribution >= 0.6 is 0 Å². The third-order valence-electron chi connectivity index (χ3n) is 3.04. The molecule has 0 aliphatic rings. The monoisotopic (exact) mass is 260 g/mol. The Labute approximate surface area is 113 Å². The van der Waals surface area contributed by atoms with Gasteiger partial charge in [0.2, 0.25) is 0 Å². The topological polar surface area (TPSA) is 43.3 Å². The van der Waals surface area contributed by atoms with Gasteiger partial charge in [0.15, 0.2) is 0 Å². The van der Waals surface area contributed by atoms with Crippen LogP contribution in [0, 0.1) is 0 Å². The van der Waals surface area contributed by atoms with Crippen LogP contribution in [0.4, 0.5) is 0 Å². The number of para-hydroxylation sites is 1. The number of esters is 1. The zero-order valence-electron chi connectivity index (χ0n) is 11.5. The second kappa shape index (κ2) is 6.38. The Balaban J connectivity index is 2.30. The number of rotatable bonds is 6. The van der Waals surface area contributed by atoms with E-state index in [2.05, 4.69) is 18.3 Å². The number of benzene rings is 1. The maximum absolute atomic E-state index is 11.6. The van der Waals surface area contributed by atoms with Gasteiger partial charge in [-0.25, -0.2) is 0 Å². The molecule has 0 saturated carbocycles. The molecule has 1 aromatic heterocycles. The van der Waals surface area contributed by atoms with E-state index in [1.807, 2.05) is 35.9 Å². The van der Waals surface area contributed by atoms with Gasteiger partial charge in [0, 0.05) is 23.6 Å². The van der Waals surface area contributed by atoms with Crippen molar-refractivity contribution in [2.75, 3.05) is 13.2 Å². The van der Waals surface area contributed by atoms with Gasteiger partial charge >= 0.3 is 5.97 Å². The summed E-state index contributed by atoms with van der Waals surface area (Å²) >= 11 is 0. The highest BCUT2D eigenvalue weighted by atomic mass is 16.5. The molecule has 0 amide bonds. The lowest BCUT2D eigenvalue weighted by molar-refractivity contribution is -0.143. The van der Waals surface area contributed by atoms with E-state index in [4.69, 9.17) is 4.74 Å². The maximum Gasteiger partial charge on any atom is 0.325 e. The molecule has 102 valence electrons. The van der Waals surface area contributed by atoms with Crippen LogP contribution in [0.3, 0.4) is 0 Å². The van der Waals surface area contributed by atoms with Gasteiger partial charge in [0.25, 0.3) is 0 Å². The highest BCUT2D eigenvalue weighted by Crippen LogP contribution is 2.21. The first-order valence-electron chi connectivity index (χ1n) is 6.69. The fraction of sp³-hybridized carbons (Fsp3) is 0.400. The van der Waals surface area contributed by atoms with E-state index in [0.717, 1.165) is 18.6 Å². The molecule has 2 aromatic rings. The van der Waals surface area contributed by atoms with E-state index in [0.29, 0.717) is 6.61 Å². The highest BCUT2D eigenvalue weighted by Gasteiger charge is 2.10. The minimum Gasteiger partial charge on any atom is -0.465 e. The Hall–Kier alpha value is -1.81. The molecule has 0 atom stereocenters. The van der Waals surface area contributed by atoms with Gasteiger partial charge < -0.3 is 14.6 Å². The molecule has 0 fully saturated rings. The van der Waals surface area contributed by atoms with Crippen molar-refractivity contribution in [3.05, 3.63) is 36.0 Å². The lowest BCUT2D eigenvalue weighted by Crippen LogP contribution is -2.13. The molecule has 0 saturated heterocycles. The minimum atomic E-state index is -0.196. The van der Waals surface area contributed by atoms with E-state index < -0.39 is 0 Å². The number of aromatic nitrogens is 1. The van der Waals surface area contributed by atoms with Gasteiger partial charge in [0.05, 0.1) is 6.61 Å². The van der Waals surface area contributed by atoms with E-state index in [9.17, 15) is 4.79 Å². The van der Waals surface area contributed by atoms with Crippen LogP contribution in [-0.2, 0) is 22.6 Å². The third-order valence-corrected chi connectivity index (χ3v) is 3.04. The van der Waals surface area contributed by atoms with Gasteiger partial charge in [-0.3, -0.25) is 4.79 Å². The molecule has 0 bridgehead atoms. The molecule has 1 heterocycles. The molecule has 0 aliphatic heterocycles. The number of hydrogen-bond acceptors (Lipinski definition) is 3. The first-order valence-corrected chi connectivity index (χ1v) is 6.69. The van der Waals surface area contributed by atoms with Crippen molar-refractivity contribution in [3.8, 4) is 0 Å². The smallest absolute Gasteiger partial charge is 0.325 e. The molecule has 4 heteroatoms. The summed E-state index contributed by atoms with van der Waals surface area (Å²) in [7, 11) is 0. The summed E-state index contributed by atoms with van der Waals surface area (Å²) in [6.07, 6.45) is 2.03. The van der Waals surface area contributed by atoms with Gasteiger partial charge in [0.1, 0.15) is 6.54 Å². The van der Waals surface area contributed by atoms with E-state index in [1.165, 1.54) is 10.9 Å². The largest absolute Gasteiger partial charge is 0.465 e. The predicted molar refractivity (Wildman–Crippen MR) is 76.0 cm³/mol. The zero-order chi connectivity index (χ0) is 13.7. The van der Waals surface area contributed by atoms with Crippen molar-refractivity contribution < 1.29 is 9.53 Å². The third kappa shape index (κ3) is 3.15. The Morgan fingerprint density at radius 1 is 1.32 bits per heavy atom. The van der Waals surface area contributed by atoms with Gasteiger partial charge in [-0.15, -0.1) is 0 Å². The number of carbonyl (C=O) groups is 1. The van der Waals surface area contributed by atoms with Crippen molar-refractivity contribution in [2.24, 2.45) is 0 Å². The lowest BCUT2D eigenvalue weighted by Gasteiger charge is -2.04. The number of nitrogens with one attached hydrogen (secondary N) is 1. The summed E-state index contributed by atoms with van der Waals surface area (Å²) < 4.78 is 6.97. The van der Waals surface area contributed by atoms with Gasteiger partial charge in [-0.1, -0.05) is 25.1 Å². The predicted octanol–water partition coefficient (Wildman–Crippen LogP) is 2.31. The van der Waals surface area contributed by atoms with Crippen molar-refractivity contribution in [1.82, 2.24) is 9.88 Å². The molecule has 0 aliphatic carbocycles. The van der Waals surface area contributed by atoms with Crippen LogP contribution in [0.15, 0.2) is 30.5 Å². The molecule has 1 N–H and O–H groups in total. The first kappa shape index (κ1) is 13.6. The van der Waals surface area contributed by atoms with Crippen LogP contribution in [0.1, 0.15) is 19.4 Å². The van der Waals surface area contributed by atoms with E-state index in [-0.39, 0.29) is 12.5 Å². The van der Waals surface area contributed by atoms with Crippen LogP contribution in [0.5, 0.6) is 0 Å². The molecule has 0 radical (unpaired) electrons. The van der Waals surface area contributed by atoms with Crippen molar-refractivity contribution in [1.29, 1.82) is 0 Å². The summed E-state index contributed by atoms with van der Waals surface area (Å²) in [6.45, 7) is 6.33. The minimum absolute atomic E-state index is 0.196. The lowest BCUT2D eigenvalue weighted by atomic mass is 10.2. The normalized spacial score (nSPS) is 10.8. The fourth-order valence-corrected chi connectivity index (χ4v) is 2.20. The van der Waals surface area contributed by atoms with E-state index >= 15 is 0 Å². The molecular formula is C15H20N2O2. The van der Waals surface area contributed by atoms with E-state index in [1.54, 1.807) is 0 Å². The molecule has 4 nitrogen and oxygen atoms in total. The summed E-state index contributed by atoms with van der Waals surface area (Å²) in [5.74, 6) is -0.196. The molecule has 2 rings (SSSR count). The summed E-state index contributed by atoms with van der Waals surface area (Å²) in [5, 5.41) is 4.51. The van der Waals surface area contributed by atoms with Crippen molar-refractivity contribution in [2.45, 2.75) is 26.9 Å². The first-order chi connectivity index (χ1) is 9.26. The number of hydrogen-bond donors (Lipinski definition) is 1.